The highest BCUT2D eigenvalue weighted by atomic mass is 35.5. The normalized spacial score (nSPS) is 17.4. The first-order valence-electron chi connectivity index (χ1n) is 8.43. The van der Waals surface area contributed by atoms with Crippen LogP contribution < -0.4 is 4.74 Å². The van der Waals surface area contributed by atoms with Gasteiger partial charge in [-0.2, -0.15) is 0 Å². The number of carbonyl (C=O) groups is 2. The summed E-state index contributed by atoms with van der Waals surface area (Å²) in [6.45, 7) is 2.29. The van der Waals surface area contributed by atoms with Crippen LogP contribution in [0, 0.1) is 5.92 Å². The number of benzene rings is 1. The van der Waals surface area contributed by atoms with Crippen molar-refractivity contribution in [2.45, 2.75) is 19.3 Å². The van der Waals surface area contributed by atoms with Crippen molar-refractivity contribution in [1.29, 1.82) is 0 Å². The standard InChI is InChI=1S/C18H25ClN2O4/c1-20(2)7-3-9-25-16-5-4-15(19)10-13(16)6-8-21-12-14(18(23)24)11-17(21)22/h4-5,10,14H,3,6-9,11-12H2,1-2H3,(H,23,24). The number of amides is 1. The highest BCUT2D eigenvalue weighted by Crippen LogP contribution is 2.25. The molecule has 1 aliphatic heterocycles. The van der Waals surface area contributed by atoms with Crippen molar-refractivity contribution in [3.05, 3.63) is 28.8 Å². The molecule has 0 aromatic heterocycles. The third-order valence-corrected chi connectivity index (χ3v) is 4.48. The lowest BCUT2D eigenvalue weighted by atomic mass is 10.1. The number of carbonyl (C=O) groups excluding carboxylic acids is 1. The van der Waals surface area contributed by atoms with Gasteiger partial charge in [-0.1, -0.05) is 11.6 Å². The molecule has 1 saturated heterocycles. The number of rotatable bonds is 9. The first-order valence-corrected chi connectivity index (χ1v) is 8.81. The van der Waals surface area contributed by atoms with Gasteiger partial charge in [-0.25, -0.2) is 0 Å². The molecule has 0 spiro atoms. The van der Waals surface area contributed by atoms with Crippen LogP contribution in [0.1, 0.15) is 18.4 Å². The zero-order valence-electron chi connectivity index (χ0n) is 14.7. The molecule has 1 aliphatic rings. The number of carboxylic acid groups (broad SMARTS) is 1. The molecule has 1 N–H and O–H groups in total. The SMILES string of the molecule is CN(C)CCCOc1ccc(Cl)cc1CCN1CC(C(=O)O)CC1=O. The van der Waals surface area contributed by atoms with E-state index in [1.165, 1.54) is 0 Å². The molecule has 1 aromatic carbocycles. The summed E-state index contributed by atoms with van der Waals surface area (Å²) in [5.74, 6) is -0.857. The Morgan fingerprint density at radius 1 is 1.44 bits per heavy atom. The van der Waals surface area contributed by atoms with Crippen molar-refractivity contribution in [2.24, 2.45) is 5.92 Å². The van der Waals surface area contributed by atoms with Gasteiger partial charge in [0.2, 0.25) is 5.91 Å². The molecule has 1 aromatic rings. The Morgan fingerprint density at radius 2 is 2.20 bits per heavy atom. The Bertz CT molecular complexity index is 621. The molecule has 25 heavy (non-hydrogen) atoms. The van der Waals surface area contributed by atoms with Crippen molar-refractivity contribution >= 4 is 23.5 Å². The van der Waals surface area contributed by atoms with Crippen LogP contribution in [0.5, 0.6) is 5.75 Å². The van der Waals surface area contributed by atoms with Crippen LogP contribution in [0.4, 0.5) is 0 Å². The maximum absolute atomic E-state index is 11.9. The molecule has 1 atom stereocenters. The lowest BCUT2D eigenvalue weighted by Gasteiger charge is -2.18. The number of hydrogen-bond acceptors (Lipinski definition) is 4. The van der Waals surface area contributed by atoms with Gasteiger partial charge in [0.25, 0.3) is 0 Å². The van der Waals surface area contributed by atoms with E-state index in [0.29, 0.717) is 24.6 Å². The fourth-order valence-electron chi connectivity index (χ4n) is 2.86. The van der Waals surface area contributed by atoms with E-state index in [0.717, 1.165) is 24.3 Å². The van der Waals surface area contributed by atoms with Crippen molar-refractivity contribution in [1.82, 2.24) is 9.80 Å². The Hall–Kier alpha value is -1.79. The summed E-state index contributed by atoms with van der Waals surface area (Å²) < 4.78 is 5.86. The molecular formula is C18H25ClN2O4. The van der Waals surface area contributed by atoms with E-state index in [4.69, 9.17) is 21.4 Å². The zero-order chi connectivity index (χ0) is 18.4. The molecule has 138 valence electrons. The van der Waals surface area contributed by atoms with Gasteiger partial charge in [-0.3, -0.25) is 9.59 Å². The van der Waals surface area contributed by atoms with Gasteiger partial charge >= 0.3 is 5.97 Å². The van der Waals surface area contributed by atoms with E-state index in [-0.39, 0.29) is 18.9 Å². The smallest absolute Gasteiger partial charge is 0.308 e. The van der Waals surface area contributed by atoms with Gasteiger partial charge in [-0.15, -0.1) is 0 Å². The monoisotopic (exact) mass is 368 g/mol. The molecule has 6 nitrogen and oxygen atoms in total. The molecule has 0 saturated carbocycles. The Balaban J connectivity index is 1.93. The van der Waals surface area contributed by atoms with E-state index in [1.807, 2.05) is 26.2 Å². The van der Waals surface area contributed by atoms with Crippen molar-refractivity contribution in [2.75, 3.05) is 40.3 Å². The van der Waals surface area contributed by atoms with Gasteiger partial charge in [0, 0.05) is 31.1 Å². The van der Waals surface area contributed by atoms with Gasteiger partial charge in [0.1, 0.15) is 5.75 Å². The molecule has 7 heteroatoms. The first-order chi connectivity index (χ1) is 11.9. The van der Waals surface area contributed by atoms with Crippen LogP contribution in [-0.2, 0) is 16.0 Å². The van der Waals surface area contributed by atoms with E-state index in [9.17, 15) is 9.59 Å². The zero-order valence-corrected chi connectivity index (χ0v) is 15.5. The molecule has 0 bridgehead atoms. The summed E-state index contributed by atoms with van der Waals surface area (Å²) in [5.41, 5.74) is 0.934. The van der Waals surface area contributed by atoms with Gasteiger partial charge < -0.3 is 19.6 Å². The third kappa shape index (κ3) is 5.90. The van der Waals surface area contributed by atoms with E-state index >= 15 is 0 Å². The van der Waals surface area contributed by atoms with E-state index in [1.54, 1.807) is 11.0 Å². The molecule has 1 fully saturated rings. The minimum Gasteiger partial charge on any atom is -0.493 e. The van der Waals surface area contributed by atoms with Crippen LogP contribution in [0.2, 0.25) is 5.02 Å². The Morgan fingerprint density at radius 3 is 2.84 bits per heavy atom. The molecular weight excluding hydrogens is 344 g/mol. The van der Waals surface area contributed by atoms with Crippen molar-refractivity contribution < 1.29 is 19.4 Å². The number of likely N-dealkylation sites (tertiary alicyclic amines) is 1. The summed E-state index contributed by atoms with van der Waals surface area (Å²) in [5, 5.41) is 9.67. The Labute approximate surface area is 153 Å². The van der Waals surface area contributed by atoms with Gasteiger partial charge in [0.05, 0.1) is 12.5 Å². The molecule has 0 aliphatic carbocycles. The number of aliphatic carboxylic acids is 1. The topological polar surface area (TPSA) is 70.1 Å². The highest BCUT2D eigenvalue weighted by molar-refractivity contribution is 6.30. The largest absolute Gasteiger partial charge is 0.493 e. The van der Waals surface area contributed by atoms with Crippen molar-refractivity contribution in [3.63, 3.8) is 0 Å². The fourth-order valence-corrected chi connectivity index (χ4v) is 3.05. The minimum absolute atomic E-state index is 0.0821. The average molecular weight is 369 g/mol. The summed E-state index contributed by atoms with van der Waals surface area (Å²) in [7, 11) is 4.04. The van der Waals surface area contributed by atoms with Crippen LogP contribution in [0.25, 0.3) is 0 Å². The molecule has 1 heterocycles. The second-order valence-electron chi connectivity index (χ2n) is 6.59. The third-order valence-electron chi connectivity index (χ3n) is 4.24. The molecule has 2 rings (SSSR count). The van der Waals surface area contributed by atoms with Crippen LogP contribution in [-0.4, -0.2) is 67.1 Å². The molecule has 0 radical (unpaired) electrons. The predicted molar refractivity (Wildman–Crippen MR) is 96.1 cm³/mol. The number of carboxylic acids is 1. The van der Waals surface area contributed by atoms with Crippen LogP contribution >= 0.6 is 11.6 Å². The quantitative estimate of drug-likeness (QED) is 0.676. The summed E-state index contributed by atoms with van der Waals surface area (Å²) in [6.07, 6.45) is 1.58. The molecule has 1 amide bonds. The minimum atomic E-state index is -0.913. The van der Waals surface area contributed by atoms with Crippen molar-refractivity contribution in [3.8, 4) is 5.75 Å². The van der Waals surface area contributed by atoms with E-state index < -0.39 is 11.9 Å². The number of ether oxygens (including phenoxy) is 1. The van der Waals surface area contributed by atoms with Gasteiger partial charge in [0.15, 0.2) is 0 Å². The second kappa shape index (κ2) is 9.06. The summed E-state index contributed by atoms with van der Waals surface area (Å²) >= 11 is 6.09. The summed E-state index contributed by atoms with van der Waals surface area (Å²) in [4.78, 5) is 26.7. The number of hydrogen-bond donors (Lipinski definition) is 1. The van der Waals surface area contributed by atoms with Crippen LogP contribution in [0.3, 0.4) is 0 Å². The number of halogens is 1. The Kier molecular flexibility index (Phi) is 7.08. The molecule has 1 unspecified atom stereocenters. The maximum atomic E-state index is 11.9. The van der Waals surface area contributed by atoms with Gasteiger partial charge in [-0.05, 0) is 50.7 Å². The van der Waals surface area contributed by atoms with E-state index in [2.05, 4.69) is 4.90 Å². The lowest BCUT2D eigenvalue weighted by Crippen LogP contribution is -2.28. The lowest BCUT2D eigenvalue weighted by molar-refractivity contribution is -0.141. The maximum Gasteiger partial charge on any atom is 0.308 e. The van der Waals surface area contributed by atoms with Crippen LogP contribution in [0.15, 0.2) is 18.2 Å². The number of nitrogens with zero attached hydrogens (tertiary/aromatic N) is 2. The first kappa shape index (κ1) is 19.5. The average Bonchev–Trinajstić information content (AvgIpc) is 2.92. The summed E-state index contributed by atoms with van der Waals surface area (Å²) in [6, 6.07) is 5.48. The fraction of sp³-hybridized carbons (Fsp3) is 0.556. The second-order valence-corrected chi connectivity index (χ2v) is 7.02. The highest BCUT2D eigenvalue weighted by Gasteiger charge is 2.33. The predicted octanol–water partition coefficient (Wildman–Crippen LogP) is 2.15.